The third kappa shape index (κ3) is 3.53. The molecule has 2 aromatic rings. The van der Waals surface area contributed by atoms with Crippen LogP contribution < -0.4 is 16.0 Å². The molecule has 0 heterocycles. The average molecular weight is 296 g/mol. The molecule has 0 radical (unpaired) electrons. The van der Waals surface area contributed by atoms with E-state index in [1.54, 1.807) is 6.07 Å². The highest BCUT2D eigenvalue weighted by molar-refractivity contribution is 5.38. The predicted molar refractivity (Wildman–Crippen MR) is 73.1 cm³/mol. The van der Waals surface area contributed by atoms with E-state index in [4.69, 9.17) is 10.6 Å². The molecule has 3 N–H and O–H groups in total. The zero-order chi connectivity index (χ0) is 15.4. The van der Waals surface area contributed by atoms with E-state index in [1.807, 2.05) is 0 Å². The van der Waals surface area contributed by atoms with Gasteiger partial charge in [0, 0.05) is 11.6 Å². The fourth-order valence-corrected chi connectivity index (χ4v) is 2.24. The number of halogens is 3. The number of benzene rings is 2. The highest BCUT2D eigenvalue weighted by Gasteiger charge is 2.20. The highest BCUT2D eigenvalue weighted by atomic mass is 19.1. The van der Waals surface area contributed by atoms with E-state index >= 15 is 0 Å². The van der Waals surface area contributed by atoms with E-state index in [-0.39, 0.29) is 12.0 Å². The molecule has 6 heteroatoms. The lowest BCUT2D eigenvalue weighted by molar-refractivity contribution is 0.390. The Morgan fingerprint density at radius 2 is 1.81 bits per heavy atom. The smallest absolute Gasteiger partial charge is 0.131 e. The normalized spacial score (nSPS) is 12.2. The van der Waals surface area contributed by atoms with Crippen molar-refractivity contribution >= 4 is 0 Å². The summed E-state index contributed by atoms with van der Waals surface area (Å²) in [6.45, 7) is 0. The maximum Gasteiger partial charge on any atom is 0.131 e. The minimum atomic E-state index is -0.693. The van der Waals surface area contributed by atoms with Crippen LogP contribution in [-0.2, 0) is 6.42 Å². The van der Waals surface area contributed by atoms with Crippen molar-refractivity contribution in [2.24, 2.45) is 5.84 Å². The van der Waals surface area contributed by atoms with E-state index in [1.165, 1.54) is 31.4 Å². The van der Waals surface area contributed by atoms with Gasteiger partial charge in [0.15, 0.2) is 0 Å². The molecule has 1 unspecified atom stereocenters. The van der Waals surface area contributed by atoms with Gasteiger partial charge in [-0.15, -0.1) is 0 Å². The quantitative estimate of drug-likeness (QED) is 0.659. The summed E-state index contributed by atoms with van der Waals surface area (Å²) < 4.78 is 45.6. The number of ether oxygens (including phenoxy) is 1. The Bertz CT molecular complexity index is 614. The van der Waals surface area contributed by atoms with Crippen molar-refractivity contribution in [1.82, 2.24) is 5.43 Å². The zero-order valence-corrected chi connectivity index (χ0v) is 11.4. The summed E-state index contributed by atoms with van der Waals surface area (Å²) in [6, 6.07) is 6.83. The van der Waals surface area contributed by atoms with E-state index in [0.29, 0.717) is 11.3 Å². The Hall–Kier alpha value is -2.05. The van der Waals surface area contributed by atoms with Gasteiger partial charge in [0.25, 0.3) is 0 Å². The second kappa shape index (κ2) is 6.60. The van der Waals surface area contributed by atoms with Crippen molar-refractivity contribution in [2.75, 3.05) is 7.11 Å². The van der Waals surface area contributed by atoms with Crippen molar-refractivity contribution < 1.29 is 17.9 Å². The van der Waals surface area contributed by atoms with Crippen LogP contribution in [0.2, 0.25) is 0 Å². The molecule has 0 spiro atoms. The van der Waals surface area contributed by atoms with Gasteiger partial charge in [0.1, 0.15) is 23.2 Å². The number of hydrogen-bond acceptors (Lipinski definition) is 3. The molecule has 0 aliphatic heterocycles. The second-order valence-electron chi connectivity index (χ2n) is 4.56. The lowest BCUT2D eigenvalue weighted by Crippen LogP contribution is -2.30. The Labute approximate surface area is 120 Å². The van der Waals surface area contributed by atoms with Gasteiger partial charge in [0.05, 0.1) is 13.2 Å². The SMILES string of the molecule is COc1cccc(F)c1C(Cc1cc(F)cc(F)c1)NN. The molecule has 0 amide bonds. The van der Waals surface area contributed by atoms with E-state index in [2.05, 4.69) is 5.43 Å². The molecule has 0 bridgehead atoms. The first-order chi connectivity index (χ1) is 10.0. The van der Waals surface area contributed by atoms with Crippen LogP contribution in [0.5, 0.6) is 5.75 Å². The minimum Gasteiger partial charge on any atom is -0.496 e. The van der Waals surface area contributed by atoms with Gasteiger partial charge in [-0.3, -0.25) is 11.3 Å². The molecule has 0 saturated heterocycles. The number of nitrogens with two attached hydrogens (primary N) is 1. The molecule has 0 saturated carbocycles. The fourth-order valence-electron chi connectivity index (χ4n) is 2.24. The molecular formula is C15H15F3N2O. The molecule has 2 rings (SSSR count). The minimum absolute atomic E-state index is 0.114. The van der Waals surface area contributed by atoms with Crippen LogP contribution in [0.3, 0.4) is 0 Å². The van der Waals surface area contributed by atoms with Gasteiger partial charge in [-0.1, -0.05) is 6.07 Å². The molecule has 2 aromatic carbocycles. The molecule has 1 atom stereocenters. The molecule has 0 aliphatic carbocycles. The van der Waals surface area contributed by atoms with Crippen LogP contribution in [0.1, 0.15) is 17.2 Å². The first kappa shape index (κ1) is 15.3. The van der Waals surface area contributed by atoms with Crippen LogP contribution in [0.15, 0.2) is 36.4 Å². The first-order valence-electron chi connectivity index (χ1n) is 6.28. The van der Waals surface area contributed by atoms with Crippen molar-refractivity contribution in [1.29, 1.82) is 0 Å². The maximum atomic E-state index is 14.0. The largest absolute Gasteiger partial charge is 0.496 e. The number of rotatable bonds is 5. The average Bonchev–Trinajstić information content (AvgIpc) is 2.44. The predicted octanol–water partition coefficient (Wildman–Crippen LogP) is 2.86. The third-order valence-corrected chi connectivity index (χ3v) is 3.14. The highest BCUT2D eigenvalue weighted by Crippen LogP contribution is 2.30. The summed E-state index contributed by atoms with van der Waals surface area (Å²) >= 11 is 0. The Kier molecular flexibility index (Phi) is 4.82. The molecular weight excluding hydrogens is 281 g/mol. The van der Waals surface area contributed by atoms with Crippen molar-refractivity contribution in [3.8, 4) is 5.75 Å². The third-order valence-electron chi connectivity index (χ3n) is 3.14. The Balaban J connectivity index is 2.36. The van der Waals surface area contributed by atoms with Crippen molar-refractivity contribution in [3.63, 3.8) is 0 Å². The van der Waals surface area contributed by atoms with E-state index < -0.39 is 23.5 Å². The van der Waals surface area contributed by atoms with Crippen LogP contribution in [0.25, 0.3) is 0 Å². The monoisotopic (exact) mass is 296 g/mol. The van der Waals surface area contributed by atoms with Gasteiger partial charge < -0.3 is 4.74 Å². The van der Waals surface area contributed by atoms with Crippen LogP contribution in [-0.4, -0.2) is 7.11 Å². The summed E-state index contributed by atoms with van der Waals surface area (Å²) in [6.07, 6.45) is 0.114. The van der Waals surface area contributed by atoms with E-state index in [0.717, 1.165) is 6.07 Å². The molecule has 0 fully saturated rings. The number of nitrogens with one attached hydrogen (secondary N) is 1. The molecule has 21 heavy (non-hydrogen) atoms. The number of hydrazine groups is 1. The summed E-state index contributed by atoms with van der Waals surface area (Å²) in [5.74, 6) is 3.88. The summed E-state index contributed by atoms with van der Waals surface area (Å²) in [4.78, 5) is 0. The summed E-state index contributed by atoms with van der Waals surface area (Å²) in [5.41, 5.74) is 3.03. The second-order valence-corrected chi connectivity index (χ2v) is 4.56. The summed E-state index contributed by atoms with van der Waals surface area (Å²) in [5, 5.41) is 0. The molecule has 3 nitrogen and oxygen atoms in total. The van der Waals surface area contributed by atoms with Gasteiger partial charge in [-0.05, 0) is 36.2 Å². The molecule has 0 aromatic heterocycles. The first-order valence-corrected chi connectivity index (χ1v) is 6.28. The van der Waals surface area contributed by atoms with Gasteiger partial charge in [0.2, 0.25) is 0 Å². The lowest BCUT2D eigenvalue weighted by atomic mass is 9.98. The topological polar surface area (TPSA) is 47.3 Å². The zero-order valence-electron chi connectivity index (χ0n) is 11.4. The number of hydrogen-bond donors (Lipinski definition) is 2. The molecule has 0 aliphatic rings. The standard InChI is InChI=1S/C15H15F3N2O/c1-21-14-4-2-3-12(18)15(14)13(20-19)7-9-5-10(16)8-11(17)6-9/h2-6,8,13,20H,7,19H2,1H3. The van der Waals surface area contributed by atoms with Crippen molar-refractivity contribution in [2.45, 2.75) is 12.5 Å². The Morgan fingerprint density at radius 3 is 2.38 bits per heavy atom. The van der Waals surface area contributed by atoms with Gasteiger partial charge in [-0.2, -0.15) is 0 Å². The Morgan fingerprint density at radius 1 is 1.14 bits per heavy atom. The van der Waals surface area contributed by atoms with Crippen LogP contribution >= 0.6 is 0 Å². The summed E-state index contributed by atoms with van der Waals surface area (Å²) in [7, 11) is 1.41. The van der Waals surface area contributed by atoms with Crippen molar-refractivity contribution in [3.05, 3.63) is 65.0 Å². The fraction of sp³-hybridized carbons (Fsp3) is 0.200. The van der Waals surface area contributed by atoms with Crippen LogP contribution in [0, 0.1) is 17.5 Å². The molecule has 112 valence electrons. The van der Waals surface area contributed by atoms with Gasteiger partial charge >= 0.3 is 0 Å². The lowest BCUT2D eigenvalue weighted by Gasteiger charge is -2.20. The van der Waals surface area contributed by atoms with Gasteiger partial charge in [-0.25, -0.2) is 13.2 Å². The van der Waals surface area contributed by atoms with E-state index in [9.17, 15) is 13.2 Å². The number of methoxy groups -OCH3 is 1. The maximum absolute atomic E-state index is 14.0. The van der Waals surface area contributed by atoms with Crippen LogP contribution in [0.4, 0.5) is 13.2 Å².